The van der Waals surface area contributed by atoms with E-state index >= 15 is 0 Å². The average molecular weight is 252 g/mol. The van der Waals surface area contributed by atoms with Gasteiger partial charge in [-0.2, -0.15) is 15.3 Å². The van der Waals surface area contributed by atoms with Crippen LogP contribution >= 0.6 is 0 Å². The van der Waals surface area contributed by atoms with Crippen LogP contribution in [-0.2, 0) is 6.42 Å². The first-order valence-electron chi connectivity index (χ1n) is 5.52. The van der Waals surface area contributed by atoms with Crippen LogP contribution in [0.1, 0.15) is 17.1 Å². The third-order valence-electron chi connectivity index (χ3n) is 2.56. The molecule has 0 aliphatic carbocycles. The van der Waals surface area contributed by atoms with Gasteiger partial charge in [-0.3, -0.25) is 10.1 Å². The number of nitrogens with zero attached hydrogens (tertiary/aromatic N) is 5. The lowest BCUT2D eigenvalue weighted by Crippen LogP contribution is -1.90. The molecule has 7 nitrogen and oxygen atoms in total. The van der Waals surface area contributed by atoms with E-state index in [-0.39, 0.29) is 5.89 Å². The van der Waals surface area contributed by atoms with Crippen LogP contribution in [0.4, 0.5) is 0 Å². The lowest BCUT2D eigenvalue weighted by molar-refractivity contribution is 0.424. The summed E-state index contributed by atoms with van der Waals surface area (Å²) in [4.78, 5) is 8.19. The van der Waals surface area contributed by atoms with Gasteiger partial charge in [-0.05, 0) is 17.7 Å². The quantitative estimate of drug-likeness (QED) is 0.753. The number of hydrogen-bond donors (Lipinski definition) is 1. The summed E-state index contributed by atoms with van der Waals surface area (Å²) in [7, 11) is 0. The molecule has 0 aromatic carbocycles. The number of pyridine rings is 1. The molecule has 0 saturated carbocycles. The minimum absolute atomic E-state index is 0.286. The highest BCUT2D eigenvalue weighted by Crippen LogP contribution is 2.19. The number of aromatic nitrogens is 5. The van der Waals surface area contributed by atoms with Gasteiger partial charge in [0, 0.05) is 18.8 Å². The molecule has 0 atom stereocenters. The minimum atomic E-state index is 0.286. The summed E-state index contributed by atoms with van der Waals surface area (Å²) in [6, 6.07) is 5.75. The van der Waals surface area contributed by atoms with Crippen molar-refractivity contribution in [1.82, 2.24) is 25.3 Å². The zero-order valence-corrected chi connectivity index (χ0v) is 9.74. The van der Waals surface area contributed by atoms with Crippen LogP contribution in [0, 0.1) is 11.3 Å². The van der Waals surface area contributed by atoms with Crippen LogP contribution in [0.5, 0.6) is 0 Å². The van der Waals surface area contributed by atoms with Crippen LogP contribution in [-0.4, -0.2) is 25.3 Å². The molecule has 0 bridgehead atoms. The predicted octanol–water partition coefficient (Wildman–Crippen LogP) is 1.32. The predicted molar refractivity (Wildman–Crippen MR) is 63.6 cm³/mol. The maximum atomic E-state index is 8.89. The summed E-state index contributed by atoms with van der Waals surface area (Å²) < 4.78 is 5.14. The number of nitrogens with one attached hydrogen (secondary N) is 1. The van der Waals surface area contributed by atoms with Crippen molar-refractivity contribution in [1.29, 1.82) is 5.26 Å². The molecule has 0 unspecified atom stereocenters. The van der Waals surface area contributed by atoms with Crippen molar-refractivity contribution in [3.05, 3.63) is 47.8 Å². The van der Waals surface area contributed by atoms with Crippen molar-refractivity contribution in [3.8, 4) is 17.5 Å². The van der Waals surface area contributed by atoms with Crippen LogP contribution in [0.25, 0.3) is 11.5 Å². The lowest BCUT2D eigenvalue weighted by Gasteiger charge is -1.93. The summed E-state index contributed by atoms with van der Waals surface area (Å²) in [5.74, 6) is 0.834. The van der Waals surface area contributed by atoms with Crippen molar-refractivity contribution in [2.45, 2.75) is 6.42 Å². The molecular formula is C12H8N6O. The van der Waals surface area contributed by atoms with Gasteiger partial charge in [-0.15, -0.1) is 0 Å². The summed E-state index contributed by atoms with van der Waals surface area (Å²) in [6.45, 7) is 0. The molecule has 0 spiro atoms. The van der Waals surface area contributed by atoms with E-state index < -0.39 is 0 Å². The van der Waals surface area contributed by atoms with Crippen LogP contribution in [0.3, 0.4) is 0 Å². The molecule has 92 valence electrons. The van der Waals surface area contributed by atoms with Gasteiger partial charge in [0.05, 0.1) is 11.8 Å². The number of hydrogen-bond acceptors (Lipinski definition) is 6. The topological polar surface area (TPSA) is 104 Å². The van der Waals surface area contributed by atoms with Crippen molar-refractivity contribution in [3.63, 3.8) is 0 Å². The standard InChI is InChI=1S/C12H8N6O/c13-6-10-9(7-15-17-10)12-16-11(18-19-12)5-8-1-3-14-4-2-8/h1-4,7H,5H2,(H,15,17). The Hall–Kier alpha value is -3.01. The maximum Gasteiger partial charge on any atom is 0.262 e. The second-order valence-electron chi connectivity index (χ2n) is 3.82. The van der Waals surface area contributed by atoms with Gasteiger partial charge in [-0.25, -0.2) is 0 Å². The monoisotopic (exact) mass is 252 g/mol. The van der Waals surface area contributed by atoms with Gasteiger partial charge in [0.25, 0.3) is 5.89 Å². The number of nitriles is 1. The molecule has 7 heteroatoms. The number of H-pyrrole nitrogens is 1. The average Bonchev–Trinajstić information content (AvgIpc) is 3.07. The SMILES string of the molecule is N#Cc1[nH]ncc1-c1nc(Cc2ccncc2)no1. The Morgan fingerprint density at radius 1 is 1.32 bits per heavy atom. The molecule has 0 amide bonds. The normalized spacial score (nSPS) is 10.3. The number of aromatic amines is 1. The van der Waals surface area contributed by atoms with Gasteiger partial charge < -0.3 is 4.52 Å². The molecule has 3 heterocycles. The molecule has 1 N–H and O–H groups in total. The molecular weight excluding hydrogens is 244 g/mol. The molecule has 3 aromatic rings. The van der Waals surface area contributed by atoms with Crippen LogP contribution in [0.15, 0.2) is 35.2 Å². The van der Waals surface area contributed by atoms with Crippen LogP contribution in [0.2, 0.25) is 0 Å². The summed E-state index contributed by atoms with van der Waals surface area (Å²) in [5.41, 5.74) is 1.85. The fourth-order valence-corrected chi connectivity index (χ4v) is 1.65. The highest BCUT2D eigenvalue weighted by molar-refractivity contribution is 5.59. The molecule has 0 saturated heterocycles. The Labute approximate surface area is 107 Å². The second-order valence-corrected chi connectivity index (χ2v) is 3.82. The van der Waals surface area contributed by atoms with Gasteiger partial charge in [0.1, 0.15) is 11.8 Å². The summed E-state index contributed by atoms with van der Waals surface area (Å²) in [5, 5.41) is 19.1. The second kappa shape index (κ2) is 4.70. The summed E-state index contributed by atoms with van der Waals surface area (Å²) >= 11 is 0. The zero-order chi connectivity index (χ0) is 13.1. The Morgan fingerprint density at radius 2 is 2.16 bits per heavy atom. The molecule has 0 radical (unpaired) electrons. The van der Waals surface area contributed by atoms with E-state index in [1.807, 2.05) is 18.2 Å². The van der Waals surface area contributed by atoms with Crippen molar-refractivity contribution in [2.75, 3.05) is 0 Å². The Morgan fingerprint density at radius 3 is 2.95 bits per heavy atom. The van der Waals surface area contributed by atoms with Crippen molar-refractivity contribution in [2.24, 2.45) is 0 Å². The van der Waals surface area contributed by atoms with Crippen LogP contribution < -0.4 is 0 Å². The maximum absolute atomic E-state index is 8.89. The first-order valence-corrected chi connectivity index (χ1v) is 5.52. The highest BCUT2D eigenvalue weighted by atomic mass is 16.5. The molecule has 0 aliphatic heterocycles. The zero-order valence-electron chi connectivity index (χ0n) is 9.74. The van der Waals surface area contributed by atoms with E-state index in [0.29, 0.717) is 23.5 Å². The Balaban J connectivity index is 1.86. The van der Waals surface area contributed by atoms with E-state index in [2.05, 4.69) is 25.3 Å². The fraction of sp³-hybridized carbons (Fsp3) is 0.0833. The minimum Gasteiger partial charge on any atom is -0.334 e. The third-order valence-corrected chi connectivity index (χ3v) is 2.56. The van der Waals surface area contributed by atoms with Gasteiger partial charge >= 0.3 is 0 Å². The van der Waals surface area contributed by atoms with E-state index in [1.54, 1.807) is 12.4 Å². The van der Waals surface area contributed by atoms with Crippen molar-refractivity contribution >= 4 is 0 Å². The molecule has 0 fully saturated rings. The van der Waals surface area contributed by atoms with E-state index in [9.17, 15) is 0 Å². The van der Waals surface area contributed by atoms with Gasteiger partial charge in [0.2, 0.25) is 0 Å². The molecule has 0 aliphatic rings. The largest absolute Gasteiger partial charge is 0.334 e. The first-order chi connectivity index (χ1) is 9.36. The third kappa shape index (κ3) is 2.19. The molecule has 3 rings (SSSR count). The fourth-order valence-electron chi connectivity index (χ4n) is 1.65. The van der Waals surface area contributed by atoms with E-state index in [1.165, 1.54) is 6.20 Å². The molecule has 3 aromatic heterocycles. The Bertz CT molecular complexity index is 724. The Kier molecular flexibility index (Phi) is 2.74. The van der Waals surface area contributed by atoms with E-state index in [4.69, 9.17) is 9.78 Å². The number of rotatable bonds is 3. The smallest absolute Gasteiger partial charge is 0.262 e. The van der Waals surface area contributed by atoms with E-state index in [0.717, 1.165) is 5.56 Å². The van der Waals surface area contributed by atoms with Gasteiger partial charge in [-0.1, -0.05) is 5.16 Å². The summed E-state index contributed by atoms with van der Waals surface area (Å²) in [6.07, 6.45) is 5.45. The lowest BCUT2D eigenvalue weighted by atomic mass is 10.2. The van der Waals surface area contributed by atoms with Gasteiger partial charge in [0.15, 0.2) is 5.82 Å². The highest BCUT2D eigenvalue weighted by Gasteiger charge is 2.14. The van der Waals surface area contributed by atoms with Crippen molar-refractivity contribution < 1.29 is 4.52 Å². The molecule has 19 heavy (non-hydrogen) atoms. The first kappa shape index (κ1) is 11.1.